The molecule has 0 radical (unpaired) electrons. The third-order valence-electron chi connectivity index (χ3n) is 7.58. The molecule has 2 unspecified atom stereocenters. The average Bonchev–Trinajstić information content (AvgIpc) is 2.96. The maximum atomic E-state index is 13.9. The molecule has 6 nitrogen and oxygen atoms in total. The van der Waals surface area contributed by atoms with Gasteiger partial charge >= 0.3 is 0 Å². The van der Waals surface area contributed by atoms with E-state index in [9.17, 15) is 23.5 Å². The number of aliphatic hydroxyl groups is 1. The number of rotatable bonds is 12. The molecule has 41 heavy (non-hydrogen) atoms. The summed E-state index contributed by atoms with van der Waals surface area (Å²) in [6.07, 6.45) is 3.83. The molecule has 218 valence electrons. The molecular weight excluding hydrogens is 526 g/mol. The molecule has 0 saturated heterocycles. The highest BCUT2D eigenvalue weighted by atomic mass is 19.1. The van der Waals surface area contributed by atoms with Crippen LogP contribution in [0, 0.1) is 24.5 Å². The van der Waals surface area contributed by atoms with E-state index in [2.05, 4.69) is 10.6 Å². The van der Waals surface area contributed by atoms with Gasteiger partial charge in [0, 0.05) is 36.2 Å². The summed E-state index contributed by atoms with van der Waals surface area (Å²) < 4.78 is 33.1. The highest BCUT2D eigenvalue weighted by Crippen LogP contribution is 2.27. The summed E-state index contributed by atoms with van der Waals surface area (Å²) in [5, 5.41) is 17.1. The minimum atomic E-state index is -1.08. The molecule has 0 heterocycles. The van der Waals surface area contributed by atoms with Crippen LogP contribution in [0.4, 0.5) is 8.78 Å². The molecule has 0 aromatic heterocycles. The number of ketones is 1. The van der Waals surface area contributed by atoms with Gasteiger partial charge in [-0.05, 0) is 85.3 Å². The maximum Gasteiger partial charge on any atom is 0.251 e. The smallest absolute Gasteiger partial charge is 0.251 e. The zero-order valence-corrected chi connectivity index (χ0v) is 23.6. The Morgan fingerprint density at radius 3 is 2.37 bits per heavy atom. The molecule has 4 rings (SSSR count). The molecule has 1 amide bonds. The Morgan fingerprint density at radius 1 is 0.951 bits per heavy atom. The lowest BCUT2D eigenvalue weighted by atomic mass is 9.83. The van der Waals surface area contributed by atoms with Gasteiger partial charge in [0.05, 0.1) is 19.3 Å². The number of hydrogen-bond acceptors (Lipinski definition) is 5. The van der Waals surface area contributed by atoms with Crippen LogP contribution in [0.15, 0.2) is 60.7 Å². The highest BCUT2D eigenvalue weighted by Gasteiger charge is 2.26. The van der Waals surface area contributed by atoms with Crippen molar-refractivity contribution in [3.8, 4) is 5.75 Å². The van der Waals surface area contributed by atoms with Crippen LogP contribution in [0.25, 0.3) is 0 Å². The fourth-order valence-corrected chi connectivity index (χ4v) is 5.46. The largest absolute Gasteiger partial charge is 0.497 e. The fraction of sp³-hybridized carbons (Fsp3) is 0.394. The minimum absolute atomic E-state index is 0.00209. The lowest BCUT2D eigenvalue weighted by molar-refractivity contribution is 0.0829. The van der Waals surface area contributed by atoms with E-state index < -0.39 is 29.7 Å². The molecule has 8 heteroatoms. The fourth-order valence-electron chi connectivity index (χ4n) is 5.46. The molecule has 0 bridgehead atoms. The van der Waals surface area contributed by atoms with Gasteiger partial charge in [0.15, 0.2) is 5.78 Å². The molecule has 3 N–H and O–H groups in total. The second-order valence-electron chi connectivity index (χ2n) is 10.9. The topological polar surface area (TPSA) is 87.7 Å². The van der Waals surface area contributed by atoms with E-state index in [-0.39, 0.29) is 24.7 Å². The van der Waals surface area contributed by atoms with Crippen LogP contribution in [-0.2, 0) is 13.0 Å². The average molecular weight is 565 g/mol. The zero-order valence-electron chi connectivity index (χ0n) is 23.6. The number of halogens is 2. The van der Waals surface area contributed by atoms with Gasteiger partial charge in [-0.25, -0.2) is 8.78 Å². The molecule has 2 atom stereocenters. The summed E-state index contributed by atoms with van der Waals surface area (Å²) in [5.74, 6) is -1.21. The summed E-state index contributed by atoms with van der Waals surface area (Å²) in [7, 11) is 1.59. The first-order valence-corrected chi connectivity index (χ1v) is 14.2. The van der Waals surface area contributed by atoms with Gasteiger partial charge in [-0.2, -0.15) is 0 Å². The van der Waals surface area contributed by atoms with Crippen LogP contribution in [0.5, 0.6) is 5.75 Å². The van der Waals surface area contributed by atoms with E-state index in [1.807, 2.05) is 31.2 Å². The number of carbonyl (C=O) groups is 2. The van der Waals surface area contributed by atoms with Crippen molar-refractivity contribution in [3.63, 3.8) is 0 Å². The van der Waals surface area contributed by atoms with E-state index in [1.54, 1.807) is 25.3 Å². The minimum Gasteiger partial charge on any atom is -0.497 e. The first kappa shape index (κ1) is 30.3. The van der Waals surface area contributed by atoms with Crippen LogP contribution in [0.2, 0.25) is 0 Å². The molecule has 3 aromatic carbocycles. The number of aryl methyl sites for hydroxylation is 1. The zero-order chi connectivity index (χ0) is 29.4. The predicted molar refractivity (Wildman–Crippen MR) is 154 cm³/mol. The third kappa shape index (κ3) is 8.68. The lowest BCUT2D eigenvalue weighted by Gasteiger charge is -2.25. The van der Waals surface area contributed by atoms with E-state index in [4.69, 9.17) is 4.74 Å². The van der Waals surface area contributed by atoms with Crippen molar-refractivity contribution in [2.24, 2.45) is 5.92 Å². The van der Waals surface area contributed by atoms with Crippen molar-refractivity contribution in [1.29, 1.82) is 0 Å². The van der Waals surface area contributed by atoms with Gasteiger partial charge in [0.1, 0.15) is 17.4 Å². The number of Topliss-reactive ketones (excluding diaryl/α,β-unsaturated/α-hetero) is 1. The number of ether oxygens (including phenoxy) is 1. The summed E-state index contributed by atoms with van der Waals surface area (Å²) >= 11 is 0. The van der Waals surface area contributed by atoms with Gasteiger partial charge in [-0.1, -0.05) is 31.4 Å². The maximum absolute atomic E-state index is 13.9. The first-order valence-electron chi connectivity index (χ1n) is 14.2. The standard InChI is InChI=1S/C33H38F2N2O4/c1-21-11-25(32(39)24-8-4-3-5-9-24)17-26(12-21)33(40)37-30(16-23-13-27(34)18-28(35)14-23)31(38)20-36-19-22-7-6-10-29(15-22)41-2/h6-7,10-15,17-18,24,30-31,36,38H,3-5,8-9,16,19-20H2,1-2H3,(H,37,40). The number of methoxy groups -OCH3 is 1. The molecule has 1 aliphatic rings. The van der Waals surface area contributed by atoms with Crippen molar-refractivity contribution in [3.05, 3.63) is 100 Å². The van der Waals surface area contributed by atoms with Crippen LogP contribution < -0.4 is 15.4 Å². The number of benzene rings is 3. The van der Waals surface area contributed by atoms with Crippen molar-refractivity contribution in [1.82, 2.24) is 10.6 Å². The Bertz CT molecular complexity index is 1340. The summed E-state index contributed by atoms with van der Waals surface area (Å²) in [4.78, 5) is 26.6. The summed E-state index contributed by atoms with van der Waals surface area (Å²) in [5.41, 5.74) is 2.83. The molecule has 3 aromatic rings. The second kappa shape index (κ2) is 14.3. The van der Waals surface area contributed by atoms with Crippen LogP contribution in [-0.4, -0.2) is 42.6 Å². The predicted octanol–water partition coefficient (Wildman–Crippen LogP) is 5.54. The van der Waals surface area contributed by atoms with E-state index in [1.165, 1.54) is 12.1 Å². The van der Waals surface area contributed by atoms with Gasteiger partial charge in [0.25, 0.3) is 5.91 Å². The lowest BCUT2D eigenvalue weighted by Crippen LogP contribution is -2.48. The highest BCUT2D eigenvalue weighted by molar-refractivity contribution is 6.02. The molecule has 1 fully saturated rings. The monoisotopic (exact) mass is 564 g/mol. The van der Waals surface area contributed by atoms with Gasteiger partial charge in [-0.3, -0.25) is 9.59 Å². The Labute approximate surface area is 240 Å². The van der Waals surface area contributed by atoms with Crippen molar-refractivity contribution >= 4 is 11.7 Å². The van der Waals surface area contributed by atoms with Crippen molar-refractivity contribution in [2.45, 2.75) is 64.1 Å². The first-order chi connectivity index (χ1) is 19.7. The normalized spacial score (nSPS) is 15.2. The number of aliphatic hydroxyl groups excluding tert-OH is 1. The number of hydrogen-bond donors (Lipinski definition) is 3. The number of nitrogens with one attached hydrogen (secondary N) is 2. The van der Waals surface area contributed by atoms with Crippen LogP contribution >= 0.6 is 0 Å². The van der Waals surface area contributed by atoms with Crippen molar-refractivity contribution in [2.75, 3.05) is 13.7 Å². The Kier molecular flexibility index (Phi) is 10.6. The summed E-state index contributed by atoms with van der Waals surface area (Å²) in [6.45, 7) is 2.38. The molecule has 1 aliphatic carbocycles. The van der Waals surface area contributed by atoms with E-state index in [0.29, 0.717) is 29.0 Å². The van der Waals surface area contributed by atoms with E-state index >= 15 is 0 Å². The van der Waals surface area contributed by atoms with Crippen LogP contribution in [0.3, 0.4) is 0 Å². The van der Waals surface area contributed by atoms with E-state index in [0.717, 1.165) is 49.3 Å². The van der Waals surface area contributed by atoms with Gasteiger partial charge in [0.2, 0.25) is 0 Å². The molecule has 1 saturated carbocycles. The molecule has 0 aliphatic heterocycles. The second-order valence-corrected chi connectivity index (χ2v) is 10.9. The van der Waals surface area contributed by atoms with Crippen molar-refractivity contribution < 1.29 is 28.2 Å². The number of carbonyl (C=O) groups excluding carboxylic acids is 2. The molecular formula is C33H38F2N2O4. The quantitative estimate of drug-likeness (QED) is 0.252. The summed E-state index contributed by atoms with van der Waals surface area (Å²) in [6, 6.07) is 14.9. The Hall–Kier alpha value is -3.62. The van der Waals surface area contributed by atoms with Gasteiger partial charge < -0.3 is 20.5 Å². The Balaban J connectivity index is 1.50. The SMILES string of the molecule is COc1cccc(CNCC(O)C(Cc2cc(F)cc(F)c2)NC(=O)c2cc(C)cc(C(=O)C3CCCCC3)c2)c1. The Morgan fingerprint density at radius 2 is 1.66 bits per heavy atom. The third-order valence-corrected chi connectivity index (χ3v) is 7.58. The van der Waals surface area contributed by atoms with Crippen LogP contribution in [0.1, 0.15) is 69.5 Å². The van der Waals surface area contributed by atoms with Gasteiger partial charge in [-0.15, -0.1) is 0 Å². The number of amides is 1. The molecule has 0 spiro atoms.